The van der Waals surface area contributed by atoms with Crippen LogP contribution < -0.4 is 10.1 Å². The molecule has 7 heteroatoms. The molecule has 1 saturated carbocycles. The molecule has 0 radical (unpaired) electrons. The normalized spacial score (nSPS) is 21.9. The topological polar surface area (TPSA) is 65.1 Å². The molecule has 7 nitrogen and oxygen atoms in total. The predicted molar refractivity (Wildman–Crippen MR) is 155 cm³/mol. The average Bonchev–Trinajstić information content (AvgIpc) is 2.96. The van der Waals surface area contributed by atoms with E-state index in [0.717, 1.165) is 49.0 Å². The Bertz CT molecular complexity index is 1210. The van der Waals surface area contributed by atoms with Crippen molar-refractivity contribution >= 4 is 17.6 Å². The monoisotopic (exact) mass is 530 g/mol. The summed E-state index contributed by atoms with van der Waals surface area (Å²) in [6.07, 6.45) is 4.76. The highest BCUT2D eigenvalue weighted by Gasteiger charge is 2.51. The molecule has 1 saturated heterocycles. The van der Waals surface area contributed by atoms with Gasteiger partial charge in [0.15, 0.2) is 0 Å². The summed E-state index contributed by atoms with van der Waals surface area (Å²) in [6.45, 7) is 11.8. The van der Waals surface area contributed by atoms with Crippen LogP contribution in [0, 0.1) is 24.2 Å². The van der Waals surface area contributed by atoms with Crippen LogP contribution in [0.4, 0.5) is 10.5 Å². The zero-order valence-electron chi connectivity index (χ0n) is 23.8. The number of allylic oxidation sites excluding steroid dienone is 1. The highest BCUT2D eigenvalue weighted by atomic mass is 16.5. The lowest BCUT2D eigenvalue weighted by atomic mass is 9.49. The van der Waals surface area contributed by atoms with Crippen molar-refractivity contribution < 1.29 is 14.3 Å². The molecule has 2 aromatic carbocycles. The molecule has 6 rings (SSSR count). The molecule has 0 spiro atoms. The van der Waals surface area contributed by atoms with Crippen molar-refractivity contribution in [2.24, 2.45) is 17.3 Å². The molecule has 1 heterocycles. The molecule has 2 atom stereocenters. The fourth-order valence-corrected chi connectivity index (χ4v) is 6.39. The number of urea groups is 1. The van der Waals surface area contributed by atoms with Crippen molar-refractivity contribution in [2.45, 2.75) is 33.6 Å². The minimum absolute atomic E-state index is 0.0501. The summed E-state index contributed by atoms with van der Waals surface area (Å²) in [5.74, 6) is 2.16. The third kappa shape index (κ3) is 5.83. The van der Waals surface area contributed by atoms with Crippen molar-refractivity contribution in [2.75, 3.05) is 58.2 Å². The molecule has 4 aliphatic rings. The Balaban J connectivity index is 1.20. The lowest BCUT2D eigenvalue weighted by Gasteiger charge is -2.57. The number of anilines is 1. The van der Waals surface area contributed by atoms with Gasteiger partial charge in [0.2, 0.25) is 0 Å². The first kappa shape index (κ1) is 27.3. The van der Waals surface area contributed by atoms with Gasteiger partial charge in [0.1, 0.15) is 5.75 Å². The third-order valence-electron chi connectivity index (χ3n) is 9.31. The zero-order valence-corrected chi connectivity index (χ0v) is 23.8. The molecule has 208 valence electrons. The van der Waals surface area contributed by atoms with Crippen LogP contribution in [0.25, 0.3) is 0 Å². The van der Waals surface area contributed by atoms with Crippen LogP contribution in [0.5, 0.6) is 5.75 Å². The van der Waals surface area contributed by atoms with E-state index in [4.69, 9.17) is 4.74 Å². The second-order valence-electron chi connectivity index (χ2n) is 11.9. The predicted octanol–water partition coefficient (Wildman–Crippen LogP) is 5.29. The molecule has 1 aliphatic heterocycles. The molecule has 39 heavy (non-hydrogen) atoms. The maximum Gasteiger partial charge on any atom is 0.321 e. The van der Waals surface area contributed by atoms with Crippen LogP contribution in [0.15, 0.2) is 60.2 Å². The summed E-state index contributed by atoms with van der Waals surface area (Å²) in [5.41, 5.74) is 4.35. The first-order chi connectivity index (χ1) is 18.8. The number of hydrogen-bond donors (Lipinski definition) is 1. The smallest absolute Gasteiger partial charge is 0.321 e. The average molecular weight is 531 g/mol. The number of benzene rings is 2. The Morgan fingerprint density at radius 1 is 1.05 bits per heavy atom. The summed E-state index contributed by atoms with van der Waals surface area (Å²) in [6, 6.07) is 15.2. The Kier molecular flexibility index (Phi) is 7.98. The highest BCUT2D eigenvalue weighted by molar-refractivity contribution is 5.94. The fraction of sp³-hybridized carbons (Fsp3) is 0.500. The minimum Gasteiger partial charge on any atom is -0.497 e. The van der Waals surface area contributed by atoms with Crippen LogP contribution in [0.2, 0.25) is 0 Å². The Labute approximate surface area is 232 Å². The maximum absolute atomic E-state index is 13.7. The largest absolute Gasteiger partial charge is 0.497 e. The van der Waals surface area contributed by atoms with E-state index in [9.17, 15) is 9.59 Å². The SMILES string of the molecule is COc1ccc(C(=O)N(CCN2CCN(C(=O)Nc3ccccc3C)CC2)CC2=CCC3CC2C3(C)C)cc1. The molecule has 1 N–H and O–H groups in total. The van der Waals surface area contributed by atoms with Gasteiger partial charge in [0, 0.05) is 57.1 Å². The zero-order chi connectivity index (χ0) is 27.6. The molecule has 2 bridgehead atoms. The van der Waals surface area contributed by atoms with E-state index in [0.29, 0.717) is 43.1 Å². The number of para-hydroxylation sites is 1. The van der Waals surface area contributed by atoms with Crippen molar-refractivity contribution in [3.8, 4) is 5.75 Å². The van der Waals surface area contributed by atoms with Gasteiger partial charge in [0.05, 0.1) is 7.11 Å². The van der Waals surface area contributed by atoms with Gasteiger partial charge >= 0.3 is 6.03 Å². The number of methoxy groups -OCH3 is 1. The number of aryl methyl sites for hydroxylation is 1. The Hall–Kier alpha value is -3.32. The number of fused-ring (bicyclic) bond motifs is 1. The van der Waals surface area contributed by atoms with Crippen molar-refractivity contribution in [1.82, 2.24) is 14.7 Å². The van der Waals surface area contributed by atoms with Crippen LogP contribution in [0.3, 0.4) is 0 Å². The van der Waals surface area contributed by atoms with Gasteiger partial charge in [-0.3, -0.25) is 9.69 Å². The Morgan fingerprint density at radius 3 is 2.41 bits per heavy atom. The molecule has 2 unspecified atom stereocenters. The number of carbonyl (C=O) groups excluding carboxylic acids is 2. The third-order valence-corrected chi connectivity index (χ3v) is 9.31. The van der Waals surface area contributed by atoms with Crippen LogP contribution in [-0.4, -0.2) is 79.6 Å². The molecular formula is C32H42N4O3. The van der Waals surface area contributed by atoms with Gasteiger partial charge in [0.25, 0.3) is 5.91 Å². The first-order valence-corrected chi connectivity index (χ1v) is 14.2. The summed E-state index contributed by atoms with van der Waals surface area (Å²) < 4.78 is 5.29. The molecule has 3 amide bonds. The molecule has 3 aliphatic carbocycles. The molecule has 2 aromatic rings. The van der Waals surface area contributed by atoms with Crippen molar-refractivity contribution in [1.29, 1.82) is 0 Å². The summed E-state index contributed by atoms with van der Waals surface area (Å²) in [5, 5.41) is 3.05. The number of rotatable bonds is 8. The molecule has 0 aromatic heterocycles. The van der Waals surface area contributed by atoms with Gasteiger partial charge in [-0.25, -0.2) is 4.79 Å². The van der Waals surface area contributed by atoms with Gasteiger partial charge < -0.3 is 19.9 Å². The van der Waals surface area contributed by atoms with Crippen LogP contribution >= 0.6 is 0 Å². The standard InChI is InChI=1S/C32H42N4O3/c1-23-7-5-6-8-29(23)33-31(38)35-18-15-34(16-19-35)17-20-36(30(37)24-10-13-27(39-4)14-11-24)22-25-9-12-26-21-28(25)32(26,2)3/h5-11,13-14,26,28H,12,15-22H2,1-4H3,(H,33,38). The van der Waals surface area contributed by atoms with E-state index in [2.05, 4.69) is 30.1 Å². The number of amides is 3. The highest BCUT2D eigenvalue weighted by Crippen LogP contribution is 2.59. The molecule has 2 fully saturated rings. The summed E-state index contributed by atoms with van der Waals surface area (Å²) in [7, 11) is 1.64. The minimum atomic E-state index is -0.0501. The second kappa shape index (κ2) is 11.4. The van der Waals surface area contributed by atoms with Gasteiger partial charge in [-0.2, -0.15) is 0 Å². The van der Waals surface area contributed by atoms with Crippen molar-refractivity contribution in [3.63, 3.8) is 0 Å². The maximum atomic E-state index is 13.7. The summed E-state index contributed by atoms with van der Waals surface area (Å²) in [4.78, 5) is 32.8. The summed E-state index contributed by atoms with van der Waals surface area (Å²) >= 11 is 0. The lowest BCUT2D eigenvalue weighted by molar-refractivity contribution is -0.0105. The quantitative estimate of drug-likeness (QED) is 0.471. The number of hydrogen-bond acceptors (Lipinski definition) is 4. The number of nitrogens with one attached hydrogen (secondary N) is 1. The van der Waals surface area contributed by atoms with Gasteiger partial charge in [-0.05, 0) is 72.9 Å². The van der Waals surface area contributed by atoms with Gasteiger partial charge in [-0.15, -0.1) is 0 Å². The Morgan fingerprint density at radius 2 is 1.77 bits per heavy atom. The number of nitrogens with zero attached hydrogens (tertiary/aromatic N) is 3. The van der Waals surface area contributed by atoms with E-state index in [1.807, 2.05) is 65.3 Å². The number of carbonyl (C=O) groups is 2. The number of piperazine rings is 1. The number of ether oxygens (including phenoxy) is 1. The lowest BCUT2D eigenvalue weighted by Crippen LogP contribution is -2.52. The van der Waals surface area contributed by atoms with E-state index in [-0.39, 0.29) is 11.9 Å². The van der Waals surface area contributed by atoms with Crippen LogP contribution in [0.1, 0.15) is 42.6 Å². The van der Waals surface area contributed by atoms with Crippen molar-refractivity contribution in [3.05, 3.63) is 71.3 Å². The van der Waals surface area contributed by atoms with Gasteiger partial charge in [-0.1, -0.05) is 43.7 Å². The van der Waals surface area contributed by atoms with E-state index in [1.165, 1.54) is 12.0 Å². The molecular weight excluding hydrogens is 488 g/mol. The van der Waals surface area contributed by atoms with E-state index < -0.39 is 0 Å². The fourth-order valence-electron chi connectivity index (χ4n) is 6.39. The first-order valence-electron chi connectivity index (χ1n) is 14.2. The van der Waals surface area contributed by atoms with E-state index >= 15 is 0 Å². The second-order valence-corrected chi connectivity index (χ2v) is 11.9. The van der Waals surface area contributed by atoms with E-state index in [1.54, 1.807) is 7.11 Å². The van der Waals surface area contributed by atoms with Crippen LogP contribution in [-0.2, 0) is 0 Å².